The average molecular weight is 322 g/mol. The van der Waals surface area contributed by atoms with Gasteiger partial charge in [0.15, 0.2) is 0 Å². The van der Waals surface area contributed by atoms with Crippen LogP contribution in [-0.2, 0) is 20.9 Å². The fourth-order valence-electron chi connectivity index (χ4n) is 2.54. The van der Waals surface area contributed by atoms with Crippen molar-refractivity contribution < 1.29 is 24.2 Å². The van der Waals surface area contributed by atoms with Crippen LogP contribution in [0, 0.1) is 0 Å². The Balaban J connectivity index is 1.97. The molecule has 0 bridgehead atoms. The molecule has 7 heteroatoms. The molecular formula is C16H22N2O5. The van der Waals surface area contributed by atoms with Crippen molar-refractivity contribution in [1.29, 1.82) is 0 Å². The van der Waals surface area contributed by atoms with Crippen molar-refractivity contribution in [3.63, 3.8) is 0 Å². The number of aliphatic hydroxyl groups excluding tert-OH is 1. The summed E-state index contributed by atoms with van der Waals surface area (Å²) in [5, 5.41) is 9.02. The van der Waals surface area contributed by atoms with E-state index in [-0.39, 0.29) is 13.2 Å². The lowest BCUT2D eigenvalue weighted by Gasteiger charge is -2.38. The number of amides is 1. The quantitative estimate of drug-likeness (QED) is 0.794. The molecule has 1 aliphatic rings. The first-order valence-corrected chi connectivity index (χ1v) is 7.54. The molecule has 2 rings (SSSR count). The molecule has 0 saturated carbocycles. The van der Waals surface area contributed by atoms with E-state index in [1.165, 1.54) is 12.0 Å². The Bertz CT molecular complexity index is 522. The third-order valence-corrected chi connectivity index (χ3v) is 3.79. The Labute approximate surface area is 135 Å². The Morgan fingerprint density at radius 1 is 1.26 bits per heavy atom. The van der Waals surface area contributed by atoms with Gasteiger partial charge in [0, 0.05) is 26.2 Å². The first-order chi connectivity index (χ1) is 11.2. The van der Waals surface area contributed by atoms with Gasteiger partial charge < -0.3 is 14.6 Å². The highest BCUT2D eigenvalue weighted by molar-refractivity contribution is 5.82. The number of hydrogen-bond donors (Lipinski definition) is 1. The molecule has 1 fully saturated rings. The van der Waals surface area contributed by atoms with Crippen molar-refractivity contribution >= 4 is 12.1 Å². The van der Waals surface area contributed by atoms with E-state index in [1.54, 1.807) is 0 Å². The number of ether oxygens (including phenoxy) is 2. The van der Waals surface area contributed by atoms with Gasteiger partial charge in [-0.25, -0.2) is 9.59 Å². The molecule has 1 amide bonds. The summed E-state index contributed by atoms with van der Waals surface area (Å²) in [6.45, 7) is 1.88. The average Bonchev–Trinajstić information content (AvgIpc) is 2.60. The van der Waals surface area contributed by atoms with Crippen LogP contribution in [0.4, 0.5) is 4.79 Å². The van der Waals surface area contributed by atoms with Crippen LogP contribution in [0.1, 0.15) is 5.56 Å². The van der Waals surface area contributed by atoms with Crippen molar-refractivity contribution in [3.05, 3.63) is 35.9 Å². The Morgan fingerprint density at radius 3 is 2.65 bits per heavy atom. The molecule has 1 atom stereocenters. The molecule has 0 radical (unpaired) electrons. The van der Waals surface area contributed by atoms with E-state index in [2.05, 4.69) is 0 Å². The summed E-state index contributed by atoms with van der Waals surface area (Å²) in [4.78, 5) is 27.6. The molecule has 1 aliphatic heterocycles. The highest BCUT2D eigenvalue weighted by Gasteiger charge is 2.36. The topological polar surface area (TPSA) is 79.3 Å². The zero-order chi connectivity index (χ0) is 16.7. The minimum absolute atomic E-state index is 0.00630. The fraction of sp³-hybridized carbons (Fsp3) is 0.500. The predicted molar refractivity (Wildman–Crippen MR) is 82.7 cm³/mol. The molecule has 1 aromatic carbocycles. The molecule has 1 N–H and O–H groups in total. The molecule has 1 aromatic rings. The Hall–Kier alpha value is -2.12. The van der Waals surface area contributed by atoms with Gasteiger partial charge in [0.25, 0.3) is 0 Å². The van der Waals surface area contributed by atoms with E-state index in [9.17, 15) is 9.59 Å². The number of hydrogen-bond acceptors (Lipinski definition) is 6. The zero-order valence-corrected chi connectivity index (χ0v) is 13.2. The predicted octanol–water partition coefficient (Wildman–Crippen LogP) is 0.475. The lowest BCUT2D eigenvalue weighted by molar-refractivity contribution is -0.148. The normalized spacial score (nSPS) is 18.5. The van der Waals surface area contributed by atoms with E-state index in [0.717, 1.165) is 5.56 Å². The number of aliphatic hydroxyl groups is 1. The van der Waals surface area contributed by atoms with E-state index in [1.807, 2.05) is 35.2 Å². The summed E-state index contributed by atoms with van der Waals surface area (Å²) < 4.78 is 10.1. The second-order valence-electron chi connectivity index (χ2n) is 5.30. The maximum atomic E-state index is 12.3. The van der Waals surface area contributed by atoms with Crippen molar-refractivity contribution in [3.8, 4) is 0 Å². The Morgan fingerprint density at radius 2 is 2.00 bits per heavy atom. The maximum absolute atomic E-state index is 12.3. The fourth-order valence-corrected chi connectivity index (χ4v) is 2.54. The van der Waals surface area contributed by atoms with E-state index < -0.39 is 18.1 Å². The van der Waals surface area contributed by atoms with Crippen molar-refractivity contribution in [2.45, 2.75) is 12.6 Å². The second kappa shape index (κ2) is 8.50. The number of carbonyl (C=O) groups excluding carboxylic acids is 2. The maximum Gasteiger partial charge on any atom is 0.410 e. The molecule has 1 saturated heterocycles. The summed E-state index contributed by atoms with van der Waals surface area (Å²) >= 11 is 0. The minimum Gasteiger partial charge on any atom is -0.467 e. The van der Waals surface area contributed by atoms with Crippen LogP contribution in [0.5, 0.6) is 0 Å². The third kappa shape index (κ3) is 4.67. The van der Waals surface area contributed by atoms with Crippen LogP contribution in [0.3, 0.4) is 0 Å². The van der Waals surface area contributed by atoms with Gasteiger partial charge in [-0.3, -0.25) is 9.80 Å². The standard InChI is InChI=1S/C16H22N2O5/c1-22-15(20)14-11-17(9-10-19)7-8-18(14)16(21)23-12-13-5-3-2-4-6-13/h2-6,14,19H,7-12H2,1H3. The summed E-state index contributed by atoms with van der Waals surface area (Å²) in [5.74, 6) is -0.482. The number of nitrogens with zero attached hydrogens (tertiary/aromatic N) is 2. The van der Waals surface area contributed by atoms with E-state index in [0.29, 0.717) is 26.2 Å². The molecule has 1 unspecified atom stereocenters. The largest absolute Gasteiger partial charge is 0.467 e. The number of β-amino-alcohol motifs (C(OH)–C–C–N with tert-alkyl or cyclic N) is 1. The van der Waals surface area contributed by atoms with Crippen LogP contribution >= 0.6 is 0 Å². The molecule has 1 heterocycles. The van der Waals surface area contributed by atoms with Gasteiger partial charge in [0.1, 0.15) is 12.6 Å². The SMILES string of the molecule is COC(=O)C1CN(CCO)CCN1C(=O)OCc1ccccc1. The first kappa shape index (κ1) is 17.2. The summed E-state index contributed by atoms with van der Waals surface area (Å²) in [6.07, 6.45) is -0.534. The molecule has 0 aromatic heterocycles. The van der Waals surface area contributed by atoms with Gasteiger partial charge in [-0.1, -0.05) is 30.3 Å². The highest BCUT2D eigenvalue weighted by atomic mass is 16.6. The number of benzene rings is 1. The van der Waals surface area contributed by atoms with Gasteiger partial charge in [-0.2, -0.15) is 0 Å². The minimum atomic E-state index is -0.719. The van der Waals surface area contributed by atoms with Crippen LogP contribution in [-0.4, -0.2) is 72.9 Å². The second-order valence-corrected chi connectivity index (χ2v) is 5.30. The van der Waals surface area contributed by atoms with Crippen molar-refractivity contribution in [2.75, 3.05) is 39.9 Å². The first-order valence-electron chi connectivity index (χ1n) is 7.54. The van der Waals surface area contributed by atoms with Crippen LogP contribution in [0.15, 0.2) is 30.3 Å². The van der Waals surface area contributed by atoms with Crippen molar-refractivity contribution in [1.82, 2.24) is 9.80 Å². The third-order valence-electron chi connectivity index (χ3n) is 3.79. The van der Waals surface area contributed by atoms with Gasteiger partial charge in [-0.05, 0) is 5.56 Å². The summed E-state index contributed by atoms with van der Waals surface area (Å²) in [6, 6.07) is 8.64. The van der Waals surface area contributed by atoms with Gasteiger partial charge >= 0.3 is 12.1 Å². The number of esters is 1. The molecule has 126 valence electrons. The van der Waals surface area contributed by atoms with E-state index in [4.69, 9.17) is 14.6 Å². The number of carbonyl (C=O) groups is 2. The molecule has 7 nitrogen and oxygen atoms in total. The molecule has 23 heavy (non-hydrogen) atoms. The Kier molecular flexibility index (Phi) is 6.37. The number of rotatable bonds is 5. The van der Waals surface area contributed by atoms with Gasteiger partial charge in [0.2, 0.25) is 0 Å². The smallest absolute Gasteiger partial charge is 0.410 e. The molecule has 0 aliphatic carbocycles. The van der Waals surface area contributed by atoms with E-state index >= 15 is 0 Å². The molecular weight excluding hydrogens is 300 g/mol. The van der Waals surface area contributed by atoms with Gasteiger partial charge in [-0.15, -0.1) is 0 Å². The van der Waals surface area contributed by atoms with Crippen LogP contribution < -0.4 is 0 Å². The van der Waals surface area contributed by atoms with Crippen LogP contribution in [0.2, 0.25) is 0 Å². The van der Waals surface area contributed by atoms with Crippen LogP contribution in [0.25, 0.3) is 0 Å². The summed E-state index contributed by atoms with van der Waals surface area (Å²) in [7, 11) is 1.29. The lowest BCUT2D eigenvalue weighted by Crippen LogP contribution is -2.58. The van der Waals surface area contributed by atoms with Crippen molar-refractivity contribution in [2.24, 2.45) is 0 Å². The number of piperazine rings is 1. The monoisotopic (exact) mass is 322 g/mol. The molecule has 0 spiro atoms. The highest BCUT2D eigenvalue weighted by Crippen LogP contribution is 2.14. The lowest BCUT2D eigenvalue weighted by atomic mass is 10.2. The number of methoxy groups -OCH3 is 1. The van der Waals surface area contributed by atoms with Gasteiger partial charge in [0.05, 0.1) is 13.7 Å². The summed E-state index contributed by atoms with van der Waals surface area (Å²) in [5.41, 5.74) is 0.884. The zero-order valence-electron chi connectivity index (χ0n) is 13.2.